The molecule has 160 valence electrons. The van der Waals surface area contributed by atoms with Crippen LogP contribution in [0.25, 0.3) is 6.08 Å². The third kappa shape index (κ3) is 3.90. The molecule has 1 aromatic carbocycles. The molecule has 3 aromatic rings. The monoisotopic (exact) mass is 502 g/mol. The van der Waals surface area contributed by atoms with Crippen LogP contribution in [0, 0.1) is 0 Å². The molecule has 0 aliphatic carbocycles. The molecule has 0 N–H and O–H groups in total. The molecule has 0 saturated heterocycles. The molecule has 7 nitrogen and oxygen atoms in total. The summed E-state index contributed by atoms with van der Waals surface area (Å²) < 4.78 is 18.9. The number of benzene rings is 1. The van der Waals surface area contributed by atoms with E-state index in [1.54, 1.807) is 45.2 Å². The Morgan fingerprint density at radius 1 is 1.32 bits per heavy atom. The summed E-state index contributed by atoms with van der Waals surface area (Å²) in [6.07, 6.45) is 1.66. The molecule has 9 heteroatoms. The number of para-hydroxylation sites is 1. The van der Waals surface area contributed by atoms with E-state index in [1.165, 1.54) is 15.9 Å². The molecule has 0 unspecified atom stereocenters. The molecule has 4 rings (SSSR count). The van der Waals surface area contributed by atoms with E-state index in [4.69, 9.17) is 13.9 Å². The van der Waals surface area contributed by atoms with Gasteiger partial charge in [0.25, 0.3) is 5.56 Å². The van der Waals surface area contributed by atoms with Gasteiger partial charge in [0, 0.05) is 11.6 Å². The molecule has 0 bridgehead atoms. The van der Waals surface area contributed by atoms with Crippen LogP contribution in [0.15, 0.2) is 66.5 Å². The third-order valence-corrected chi connectivity index (χ3v) is 6.23. The van der Waals surface area contributed by atoms with Gasteiger partial charge >= 0.3 is 5.97 Å². The number of hydrogen-bond acceptors (Lipinski definition) is 7. The van der Waals surface area contributed by atoms with Crippen molar-refractivity contribution in [2.45, 2.75) is 19.9 Å². The minimum atomic E-state index is -0.725. The van der Waals surface area contributed by atoms with Crippen LogP contribution < -0.4 is 19.6 Å². The van der Waals surface area contributed by atoms with E-state index in [0.29, 0.717) is 42.3 Å². The topological polar surface area (TPSA) is 83.0 Å². The Bertz CT molecular complexity index is 1360. The maximum Gasteiger partial charge on any atom is 0.338 e. The normalized spacial score (nSPS) is 16.1. The highest BCUT2D eigenvalue weighted by molar-refractivity contribution is 9.10. The van der Waals surface area contributed by atoms with Gasteiger partial charge in [-0.1, -0.05) is 29.5 Å². The number of halogens is 1. The van der Waals surface area contributed by atoms with E-state index < -0.39 is 12.0 Å². The van der Waals surface area contributed by atoms with Gasteiger partial charge in [0.05, 0.1) is 29.5 Å². The molecule has 1 aliphatic heterocycles. The van der Waals surface area contributed by atoms with Crippen LogP contribution in [0.3, 0.4) is 0 Å². The van der Waals surface area contributed by atoms with Crippen molar-refractivity contribution in [3.63, 3.8) is 0 Å². The number of esters is 1. The zero-order valence-corrected chi connectivity index (χ0v) is 19.5. The van der Waals surface area contributed by atoms with Gasteiger partial charge in [0.2, 0.25) is 0 Å². The second-order valence-corrected chi connectivity index (χ2v) is 8.48. The van der Waals surface area contributed by atoms with E-state index in [2.05, 4.69) is 20.9 Å². The number of furan rings is 1. The average Bonchev–Trinajstić information content (AvgIpc) is 3.29. The number of aromatic nitrogens is 1. The molecule has 0 spiro atoms. The summed E-state index contributed by atoms with van der Waals surface area (Å²) in [6.45, 7) is 3.70. The quantitative estimate of drug-likeness (QED) is 0.500. The Hall–Kier alpha value is -2.91. The molecule has 31 heavy (non-hydrogen) atoms. The number of thiazole rings is 1. The first-order chi connectivity index (χ1) is 14.9. The highest BCUT2D eigenvalue weighted by atomic mass is 79.9. The molecular formula is C22H19BrN2O5S. The largest absolute Gasteiger partial charge is 0.496 e. The van der Waals surface area contributed by atoms with Crippen molar-refractivity contribution in [3.8, 4) is 5.75 Å². The zero-order chi connectivity index (χ0) is 22.1. The van der Waals surface area contributed by atoms with Crippen molar-refractivity contribution in [1.82, 2.24) is 4.57 Å². The van der Waals surface area contributed by atoms with Crippen LogP contribution >= 0.6 is 27.3 Å². The molecular weight excluding hydrogens is 484 g/mol. The number of allylic oxidation sites excluding steroid dienone is 1. The number of carbonyl (C=O) groups is 1. The van der Waals surface area contributed by atoms with Crippen molar-refractivity contribution >= 4 is 39.3 Å². The summed E-state index contributed by atoms with van der Waals surface area (Å²) in [7, 11) is 1.55. The lowest BCUT2D eigenvalue weighted by molar-refractivity contribution is -0.139. The Morgan fingerprint density at radius 3 is 2.77 bits per heavy atom. The van der Waals surface area contributed by atoms with Gasteiger partial charge in [-0.05, 0) is 48.0 Å². The van der Waals surface area contributed by atoms with E-state index >= 15 is 0 Å². The molecule has 3 heterocycles. The van der Waals surface area contributed by atoms with Crippen molar-refractivity contribution in [2.24, 2.45) is 4.99 Å². The summed E-state index contributed by atoms with van der Waals surface area (Å²) in [6, 6.07) is 10.1. The fourth-order valence-corrected chi connectivity index (χ4v) is 4.86. The number of carbonyl (C=O) groups excluding carboxylic acids is 1. The second-order valence-electron chi connectivity index (χ2n) is 6.69. The average molecular weight is 503 g/mol. The number of ether oxygens (including phenoxy) is 2. The zero-order valence-electron chi connectivity index (χ0n) is 17.0. The maximum absolute atomic E-state index is 13.5. The second kappa shape index (κ2) is 8.68. The maximum atomic E-state index is 13.5. The van der Waals surface area contributed by atoms with Gasteiger partial charge in [-0.25, -0.2) is 9.79 Å². The fraction of sp³-hybridized carbons (Fsp3) is 0.227. The third-order valence-electron chi connectivity index (χ3n) is 4.82. The Kier molecular flexibility index (Phi) is 5.97. The predicted molar refractivity (Wildman–Crippen MR) is 120 cm³/mol. The van der Waals surface area contributed by atoms with Gasteiger partial charge in [-0.3, -0.25) is 9.36 Å². The van der Waals surface area contributed by atoms with E-state index in [-0.39, 0.29) is 12.2 Å². The first kappa shape index (κ1) is 21.3. The lowest BCUT2D eigenvalue weighted by Gasteiger charge is -2.25. The first-order valence-corrected chi connectivity index (χ1v) is 11.1. The fourth-order valence-electron chi connectivity index (χ4n) is 3.51. The lowest BCUT2D eigenvalue weighted by atomic mass is 9.95. The Balaban J connectivity index is 2.00. The van der Waals surface area contributed by atoms with Crippen LogP contribution in [0.2, 0.25) is 0 Å². The van der Waals surface area contributed by atoms with Crippen molar-refractivity contribution in [1.29, 1.82) is 0 Å². The van der Waals surface area contributed by atoms with Crippen LogP contribution in [-0.4, -0.2) is 24.3 Å². The van der Waals surface area contributed by atoms with E-state index in [9.17, 15) is 9.59 Å². The summed E-state index contributed by atoms with van der Waals surface area (Å²) in [4.78, 5) is 31.4. The predicted octanol–water partition coefficient (Wildman–Crippen LogP) is 3.16. The smallest absolute Gasteiger partial charge is 0.338 e. The van der Waals surface area contributed by atoms with Crippen LogP contribution in [0.4, 0.5) is 0 Å². The molecule has 1 atom stereocenters. The first-order valence-electron chi connectivity index (χ1n) is 9.52. The van der Waals surface area contributed by atoms with E-state index in [1.807, 2.05) is 18.2 Å². The minimum Gasteiger partial charge on any atom is -0.496 e. The molecule has 2 aromatic heterocycles. The van der Waals surface area contributed by atoms with Crippen LogP contribution in [-0.2, 0) is 9.53 Å². The van der Waals surface area contributed by atoms with Gasteiger partial charge in [0.1, 0.15) is 17.6 Å². The molecule has 1 aliphatic rings. The summed E-state index contributed by atoms with van der Waals surface area (Å²) in [5.74, 6) is 0.588. The Morgan fingerprint density at radius 2 is 2.10 bits per heavy atom. The number of hydrogen-bond donors (Lipinski definition) is 0. The molecule has 0 saturated carbocycles. The lowest BCUT2D eigenvalue weighted by Crippen LogP contribution is -2.40. The van der Waals surface area contributed by atoms with Gasteiger partial charge < -0.3 is 13.9 Å². The number of nitrogens with zero attached hydrogens (tertiary/aromatic N) is 2. The Labute approximate surface area is 190 Å². The SMILES string of the molecule is CCOC(=O)C1=C(C)N=c2s/c(=C/c3ccc(Br)o3)c(=O)n2[C@@H]1c1ccccc1OC. The summed E-state index contributed by atoms with van der Waals surface area (Å²) in [5.41, 5.74) is 1.21. The van der Waals surface area contributed by atoms with Crippen LogP contribution in [0.1, 0.15) is 31.2 Å². The van der Waals surface area contributed by atoms with E-state index in [0.717, 1.165) is 0 Å². The number of methoxy groups -OCH3 is 1. The molecule has 0 radical (unpaired) electrons. The summed E-state index contributed by atoms with van der Waals surface area (Å²) >= 11 is 4.50. The standard InChI is InChI=1S/C22H19BrN2O5S/c1-4-29-21(27)18-12(2)24-22-25(19(18)14-7-5-6-8-15(14)28-3)20(26)16(31-22)11-13-9-10-17(23)30-13/h5-11,19H,4H2,1-3H3/b16-11+/t19-/m1/s1. The summed E-state index contributed by atoms with van der Waals surface area (Å²) in [5, 5.41) is 0. The molecule has 0 amide bonds. The van der Waals surface area contributed by atoms with Crippen molar-refractivity contribution in [2.75, 3.05) is 13.7 Å². The van der Waals surface area contributed by atoms with Crippen molar-refractivity contribution < 1.29 is 18.7 Å². The highest BCUT2D eigenvalue weighted by Gasteiger charge is 2.34. The van der Waals surface area contributed by atoms with Gasteiger partial charge in [0.15, 0.2) is 9.47 Å². The minimum absolute atomic E-state index is 0.214. The van der Waals surface area contributed by atoms with Gasteiger partial charge in [-0.2, -0.15) is 0 Å². The van der Waals surface area contributed by atoms with Crippen molar-refractivity contribution in [3.05, 3.63) is 83.3 Å². The highest BCUT2D eigenvalue weighted by Crippen LogP contribution is 2.35. The number of rotatable bonds is 5. The van der Waals surface area contributed by atoms with Gasteiger partial charge in [-0.15, -0.1) is 0 Å². The van der Waals surface area contributed by atoms with Crippen LogP contribution in [0.5, 0.6) is 5.75 Å². The molecule has 0 fully saturated rings. The number of fused-ring (bicyclic) bond motifs is 1.